The van der Waals surface area contributed by atoms with E-state index in [1.807, 2.05) is 0 Å². The van der Waals surface area contributed by atoms with Crippen LogP contribution in [0.25, 0.3) is 0 Å². The first kappa shape index (κ1) is 19.0. The van der Waals surface area contributed by atoms with E-state index in [4.69, 9.17) is 9.66 Å². The number of amides is 2. The Morgan fingerprint density at radius 1 is 1.13 bits per heavy atom. The van der Waals surface area contributed by atoms with Crippen LogP contribution in [0, 0.1) is 0 Å². The molecule has 10 nitrogen and oxygen atoms in total. The SMILES string of the molecule is O=C(O)CCCCCCC(=O)ON1C(=O)CC(S(=O)(=O)O)C1=O. The molecule has 2 amide bonds. The van der Waals surface area contributed by atoms with Crippen LogP contribution in [0.4, 0.5) is 0 Å². The summed E-state index contributed by atoms with van der Waals surface area (Å²) in [7, 11) is -4.74. The molecular weight excluding hydrogens is 334 g/mol. The summed E-state index contributed by atoms with van der Waals surface area (Å²) in [5, 5.41) is 6.56. The van der Waals surface area contributed by atoms with Gasteiger partial charge in [0.05, 0.1) is 6.42 Å². The second-order valence-corrected chi connectivity index (χ2v) is 6.60. The van der Waals surface area contributed by atoms with Crippen molar-refractivity contribution in [3.63, 3.8) is 0 Å². The summed E-state index contributed by atoms with van der Waals surface area (Å²) in [6.45, 7) is 0. The van der Waals surface area contributed by atoms with Crippen LogP contribution in [0.2, 0.25) is 0 Å². The molecule has 0 aromatic rings. The molecule has 0 saturated carbocycles. The van der Waals surface area contributed by atoms with Gasteiger partial charge in [-0.25, -0.2) is 4.79 Å². The second kappa shape index (κ2) is 8.02. The lowest BCUT2D eigenvalue weighted by molar-refractivity contribution is -0.197. The van der Waals surface area contributed by atoms with Crippen LogP contribution < -0.4 is 0 Å². The fourth-order valence-corrected chi connectivity index (χ4v) is 2.66. The van der Waals surface area contributed by atoms with Gasteiger partial charge >= 0.3 is 11.9 Å². The van der Waals surface area contributed by atoms with Crippen LogP contribution in [0.15, 0.2) is 0 Å². The highest BCUT2D eigenvalue weighted by Crippen LogP contribution is 2.20. The quantitative estimate of drug-likeness (QED) is 0.328. The molecule has 1 heterocycles. The molecule has 130 valence electrons. The molecule has 1 rings (SSSR count). The fourth-order valence-electron chi connectivity index (χ4n) is 1.96. The van der Waals surface area contributed by atoms with Gasteiger partial charge in [0.25, 0.3) is 21.9 Å². The first-order chi connectivity index (χ1) is 10.6. The minimum Gasteiger partial charge on any atom is -0.481 e. The molecule has 1 atom stereocenters. The Kier molecular flexibility index (Phi) is 6.63. The van der Waals surface area contributed by atoms with Gasteiger partial charge in [-0.15, -0.1) is 5.06 Å². The number of carbonyl (C=O) groups is 4. The Balaban J connectivity index is 2.36. The zero-order valence-corrected chi connectivity index (χ0v) is 13.0. The van der Waals surface area contributed by atoms with Crippen LogP contribution in [-0.2, 0) is 34.1 Å². The zero-order valence-electron chi connectivity index (χ0n) is 12.1. The maximum Gasteiger partial charge on any atom is 0.333 e. The fraction of sp³-hybridized carbons (Fsp3) is 0.667. The van der Waals surface area contributed by atoms with Gasteiger partial charge in [-0.1, -0.05) is 12.8 Å². The highest BCUT2D eigenvalue weighted by atomic mass is 32.2. The van der Waals surface area contributed by atoms with E-state index in [2.05, 4.69) is 4.84 Å². The normalized spacial score (nSPS) is 18.3. The predicted octanol–water partition coefficient (Wildman–Crippen LogP) is -0.115. The molecule has 11 heteroatoms. The van der Waals surface area contributed by atoms with Gasteiger partial charge in [-0.2, -0.15) is 8.42 Å². The average molecular weight is 351 g/mol. The average Bonchev–Trinajstić information content (AvgIpc) is 2.70. The number of hydroxylamine groups is 2. The van der Waals surface area contributed by atoms with Crippen molar-refractivity contribution in [1.29, 1.82) is 0 Å². The lowest BCUT2D eigenvalue weighted by Crippen LogP contribution is -2.36. The molecule has 1 aliphatic heterocycles. The van der Waals surface area contributed by atoms with Gasteiger partial charge in [-0.05, 0) is 12.8 Å². The summed E-state index contributed by atoms with van der Waals surface area (Å²) in [4.78, 5) is 49.4. The summed E-state index contributed by atoms with van der Waals surface area (Å²) in [6, 6.07) is 0. The molecule has 1 saturated heterocycles. The van der Waals surface area contributed by atoms with Crippen LogP contribution in [0.3, 0.4) is 0 Å². The van der Waals surface area contributed by atoms with Crippen molar-refractivity contribution in [2.75, 3.05) is 0 Å². The third kappa shape index (κ3) is 5.94. The van der Waals surface area contributed by atoms with Gasteiger partial charge in [0.2, 0.25) is 0 Å². The summed E-state index contributed by atoms with van der Waals surface area (Å²) >= 11 is 0. The third-order valence-corrected chi connectivity index (χ3v) is 4.22. The number of carboxylic acid groups (broad SMARTS) is 1. The topological polar surface area (TPSA) is 155 Å². The first-order valence-corrected chi connectivity index (χ1v) is 8.39. The minimum atomic E-state index is -4.74. The molecule has 0 radical (unpaired) electrons. The van der Waals surface area contributed by atoms with Crippen molar-refractivity contribution in [2.45, 2.75) is 50.2 Å². The molecule has 1 unspecified atom stereocenters. The van der Waals surface area contributed by atoms with Crippen LogP contribution >= 0.6 is 0 Å². The highest BCUT2D eigenvalue weighted by molar-refractivity contribution is 7.87. The van der Waals surface area contributed by atoms with Gasteiger partial charge in [0.15, 0.2) is 5.25 Å². The number of hydrogen-bond acceptors (Lipinski definition) is 7. The number of nitrogens with zero attached hydrogens (tertiary/aromatic N) is 1. The van der Waals surface area contributed by atoms with Gasteiger partial charge in [0.1, 0.15) is 0 Å². The van der Waals surface area contributed by atoms with E-state index >= 15 is 0 Å². The van der Waals surface area contributed by atoms with E-state index in [1.54, 1.807) is 0 Å². The number of aliphatic carboxylic acids is 1. The van der Waals surface area contributed by atoms with Crippen LogP contribution in [0.5, 0.6) is 0 Å². The molecule has 1 fully saturated rings. The van der Waals surface area contributed by atoms with Gasteiger partial charge in [-0.3, -0.25) is 18.9 Å². The summed E-state index contributed by atoms with van der Waals surface area (Å²) < 4.78 is 30.6. The van der Waals surface area contributed by atoms with Crippen molar-refractivity contribution in [3.05, 3.63) is 0 Å². The predicted molar refractivity (Wildman–Crippen MR) is 73.2 cm³/mol. The highest BCUT2D eigenvalue weighted by Gasteiger charge is 2.48. The van der Waals surface area contributed by atoms with E-state index in [0.29, 0.717) is 25.7 Å². The molecule has 0 spiro atoms. The molecule has 0 aliphatic carbocycles. The van der Waals surface area contributed by atoms with Crippen molar-refractivity contribution in [1.82, 2.24) is 5.06 Å². The Morgan fingerprint density at radius 3 is 2.17 bits per heavy atom. The number of carbonyl (C=O) groups excluding carboxylic acids is 3. The molecule has 0 aromatic heterocycles. The van der Waals surface area contributed by atoms with E-state index in [0.717, 1.165) is 0 Å². The number of imide groups is 1. The van der Waals surface area contributed by atoms with E-state index in [1.165, 1.54) is 0 Å². The largest absolute Gasteiger partial charge is 0.481 e. The molecule has 0 aromatic carbocycles. The zero-order chi connectivity index (χ0) is 17.6. The van der Waals surface area contributed by atoms with E-state index in [9.17, 15) is 27.6 Å². The molecule has 2 N–H and O–H groups in total. The van der Waals surface area contributed by atoms with Crippen molar-refractivity contribution in [2.24, 2.45) is 0 Å². The number of carboxylic acids is 1. The van der Waals surface area contributed by atoms with Crippen LogP contribution in [0.1, 0.15) is 44.9 Å². The van der Waals surface area contributed by atoms with E-state index < -0.39 is 45.5 Å². The Morgan fingerprint density at radius 2 is 1.70 bits per heavy atom. The molecule has 1 aliphatic rings. The number of unbranched alkanes of at least 4 members (excludes halogenated alkanes) is 3. The molecule has 0 bridgehead atoms. The summed E-state index contributed by atoms with van der Waals surface area (Å²) in [6.07, 6.45) is 1.17. The van der Waals surface area contributed by atoms with Crippen molar-refractivity contribution < 1.29 is 42.1 Å². The van der Waals surface area contributed by atoms with Crippen molar-refractivity contribution >= 4 is 33.9 Å². The molecule has 23 heavy (non-hydrogen) atoms. The number of rotatable bonds is 9. The van der Waals surface area contributed by atoms with Gasteiger partial charge in [0, 0.05) is 12.8 Å². The summed E-state index contributed by atoms with van der Waals surface area (Å²) in [5.41, 5.74) is 0. The molecular formula is C12H17NO9S. The standard InChI is InChI=1S/C12H17NO9S/c14-9-7-8(23(19,20)21)12(18)13(9)22-11(17)6-4-2-1-3-5-10(15)16/h8H,1-7H2,(H,15,16)(H,19,20,21). The first-order valence-electron chi connectivity index (χ1n) is 6.88. The van der Waals surface area contributed by atoms with Gasteiger partial charge < -0.3 is 9.94 Å². The van der Waals surface area contributed by atoms with Crippen molar-refractivity contribution in [3.8, 4) is 0 Å². The Hall–Kier alpha value is -2.01. The number of hydrogen-bond donors (Lipinski definition) is 2. The Bertz CT molecular complexity index is 598. The Labute approximate surface area is 132 Å². The smallest absolute Gasteiger partial charge is 0.333 e. The summed E-state index contributed by atoms with van der Waals surface area (Å²) in [5.74, 6) is -4.11. The third-order valence-electron chi connectivity index (χ3n) is 3.14. The maximum atomic E-state index is 11.6. The van der Waals surface area contributed by atoms with Crippen LogP contribution in [-0.4, -0.2) is 52.1 Å². The second-order valence-electron chi connectivity index (χ2n) is 5.01. The lowest BCUT2D eigenvalue weighted by atomic mass is 10.1. The monoisotopic (exact) mass is 351 g/mol. The maximum absolute atomic E-state index is 11.6. The lowest BCUT2D eigenvalue weighted by Gasteiger charge is -2.13. The minimum absolute atomic E-state index is 0.0399. The van der Waals surface area contributed by atoms with E-state index in [-0.39, 0.29) is 17.9 Å².